The summed E-state index contributed by atoms with van der Waals surface area (Å²) in [6, 6.07) is 4.68. The van der Waals surface area contributed by atoms with Crippen molar-refractivity contribution in [3.8, 4) is 11.5 Å². The van der Waals surface area contributed by atoms with Crippen LogP contribution in [-0.4, -0.2) is 17.3 Å². The topological polar surface area (TPSA) is 52.5 Å². The molecule has 0 aliphatic carbocycles. The van der Waals surface area contributed by atoms with E-state index in [0.29, 0.717) is 0 Å². The highest BCUT2D eigenvalue weighted by molar-refractivity contribution is 5.40. The molecule has 0 aliphatic rings. The summed E-state index contributed by atoms with van der Waals surface area (Å²) in [6.07, 6.45) is 0. The zero-order chi connectivity index (χ0) is 9.14. The van der Waals surface area contributed by atoms with Crippen LogP contribution in [0.5, 0.6) is 11.5 Å². The van der Waals surface area contributed by atoms with Gasteiger partial charge in [0.05, 0.1) is 0 Å². The Hall–Kier alpha value is -1.22. The van der Waals surface area contributed by atoms with Gasteiger partial charge in [-0.05, 0) is 20.0 Å². The lowest BCUT2D eigenvalue weighted by Crippen LogP contribution is -2.12. The Morgan fingerprint density at radius 2 is 2.00 bits per heavy atom. The molecule has 3 heteroatoms. The van der Waals surface area contributed by atoms with Gasteiger partial charge in [-0.25, -0.2) is 0 Å². The van der Waals surface area contributed by atoms with Crippen molar-refractivity contribution in [2.24, 2.45) is 0 Å². The summed E-state index contributed by atoms with van der Waals surface area (Å²) in [5.41, 5.74) is 0.787. The molecule has 0 saturated heterocycles. The van der Waals surface area contributed by atoms with E-state index in [1.54, 1.807) is 12.1 Å². The average molecular weight is 167 g/mol. The summed E-state index contributed by atoms with van der Waals surface area (Å²) in [6.45, 7) is 1.94. The summed E-state index contributed by atoms with van der Waals surface area (Å²) in [5, 5.41) is 21.4. The zero-order valence-electron chi connectivity index (χ0n) is 7.20. The number of phenolic OH excluding ortho intramolecular Hbond substituents is 2. The van der Waals surface area contributed by atoms with Gasteiger partial charge in [0.2, 0.25) is 0 Å². The molecule has 1 aromatic carbocycles. The first-order chi connectivity index (χ1) is 5.65. The largest absolute Gasteiger partial charge is 0.508 e. The van der Waals surface area contributed by atoms with Gasteiger partial charge >= 0.3 is 0 Å². The second-order valence-corrected chi connectivity index (χ2v) is 2.75. The molecule has 0 heterocycles. The summed E-state index contributed by atoms with van der Waals surface area (Å²) in [7, 11) is 1.82. The molecule has 0 spiro atoms. The summed E-state index contributed by atoms with van der Waals surface area (Å²) < 4.78 is 0. The van der Waals surface area contributed by atoms with Crippen LogP contribution in [0.15, 0.2) is 18.2 Å². The number of nitrogens with one attached hydrogen (secondary N) is 1. The maximum Gasteiger partial charge on any atom is 0.124 e. The number of phenols is 2. The Morgan fingerprint density at radius 1 is 1.33 bits per heavy atom. The minimum absolute atomic E-state index is 0.0829. The Labute approximate surface area is 71.7 Å². The van der Waals surface area contributed by atoms with Crippen molar-refractivity contribution in [3.05, 3.63) is 23.8 Å². The fraction of sp³-hybridized carbons (Fsp3) is 0.333. The van der Waals surface area contributed by atoms with Crippen molar-refractivity contribution < 1.29 is 10.2 Å². The molecule has 1 unspecified atom stereocenters. The van der Waals surface area contributed by atoms with Gasteiger partial charge in [0.1, 0.15) is 11.5 Å². The normalized spacial score (nSPS) is 12.8. The zero-order valence-corrected chi connectivity index (χ0v) is 7.20. The van der Waals surface area contributed by atoms with Crippen LogP contribution in [0.2, 0.25) is 0 Å². The number of hydrogen-bond donors (Lipinski definition) is 3. The van der Waals surface area contributed by atoms with Gasteiger partial charge in [-0.1, -0.05) is 6.07 Å². The average Bonchev–Trinajstić information content (AvgIpc) is 2.03. The van der Waals surface area contributed by atoms with E-state index in [4.69, 9.17) is 5.11 Å². The molecular formula is C9H13NO2. The van der Waals surface area contributed by atoms with Gasteiger partial charge in [-0.3, -0.25) is 0 Å². The second-order valence-electron chi connectivity index (χ2n) is 2.75. The van der Waals surface area contributed by atoms with E-state index < -0.39 is 0 Å². The quantitative estimate of drug-likeness (QED) is 0.623. The van der Waals surface area contributed by atoms with Gasteiger partial charge in [0.15, 0.2) is 0 Å². The van der Waals surface area contributed by atoms with E-state index in [9.17, 15) is 5.11 Å². The van der Waals surface area contributed by atoms with Crippen LogP contribution in [0.25, 0.3) is 0 Å². The monoisotopic (exact) mass is 167 g/mol. The molecule has 0 saturated carbocycles. The molecule has 0 fully saturated rings. The maximum atomic E-state index is 9.39. The number of aromatic hydroxyl groups is 2. The fourth-order valence-corrected chi connectivity index (χ4v) is 1.05. The molecule has 1 rings (SSSR count). The molecule has 0 amide bonds. The predicted octanol–water partition coefficient (Wildman–Crippen LogP) is 1.38. The van der Waals surface area contributed by atoms with Crippen molar-refractivity contribution >= 4 is 0 Å². The van der Waals surface area contributed by atoms with Crippen molar-refractivity contribution in [3.63, 3.8) is 0 Å². The van der Waals surface area contributed by atoms with Crippen LogP contribution >= 0.6 is 0 Å². The highest BCUT2D eigenvalue weighted by atomic mass is 16.3. The first-order valence-electron chi connectivity index (χ1n) is 3.84. The van der Waals surface area contributed by atoms with E-state index in [0.717, 1.165) is 5.56 Å². The standard InChI is InChI=1S/C9H13NO2/c1-6(10-2)8-4-3-7(11)5-9(8)12/h3-6,10-12H,1-2H3. The van der Waals surface area contributed by atoms with Crippen molar-refractivity contribution in [2.45, 2.75) is 13.0 Å². The number of rotatable bonds is 2. The van der Waals surface area contributed by atoms with Crippen LogP contribution in [0.3, 0.4) is 0 Å². The smallest absolute Gasteiger partial charge is 0.124 e. The lowest BCUT2D eigenvalue weighted by molar-refractivity contribution is 0.439. The summed E-state index contributed by atoms with van der Waals surface area (Å²) >= 11 is 0. The molecule has 66 valence electrons. The molecular weight excluding hydrogens is 154 g/mol. The fourth-order valence-electron chi connectivity index (χ4n) is 1.05. The van der Waals surface area contributed by atoms with Crippen LogP contribution < -0.4 is 5.32 Å². The summed E-state index contributed by atoms with van der Waals surface area (Å²) in [4.78, 5) is 0. The Morgan fingerprint density at radius 3 is 2.50 bits per heavy atom. The predicted molar refractivity (Wildman–Crippen MR) is 47.2 cm³/mol. The van der Waals surface area contributed by atoms with Crippen LogP contribution in [0, 0.1) is 0 Å². The third-order valence-corrected chi connectivity index (χ3v) is 1.91. The molecule has 12 heavy (non-hydrogen) atoms. The van der Waals surface area contributed by atoms with Gasteiger partial charge in [0.25, 0.3) is 0 Å². The van der Waals surface area contributed by atoms with Crippen LogP contribution in [0.1, 0.15) is 18.5 Å². The lowest BCUT2D eigenvalue weighted by Gasteiger charge is -2.11. The van der Waals surface area contributed by atoms with E-state index in [1.165, 1.54) is 6.07 Å². The molecule has 3 N–H and O–H groups in total. The first-order valence-corrected chi connectivity index (χ1v) is 3.84. The highest BCUT2D eigenvalue weighted by Gasteiger charge is 2.07. The number of hydrogen-bond acceptors (Lipinski definition) is 3. The molecule has 3 nitrogen and oxygen atoms in total. The van der Waals surface area contributed by atoms with E-state index in [-0.39, 0.29) is 17.5 Å². The maximum absolute atomic E-state index is 9.39. The SMILES string of the molecule is CNC(C)c1ccc(O)cc1O. The van der Waals surface area contributed by atoms with E-state index in [1.807, 2.05) is 14.0 Å². The molecule has 1 aromatic rings. The van der Waals surface area contributed by atoms with Crippen molar-refractivity contribution in [1.82, 2.24) is 5.32 Å². The second kappa shape index (κ2) is 3.45. The van der Waals surface area contributed by atoms with E-state index >= 15 is 0 Å². The lowest BCUT2D eigenvalue weighted by atomic mass is 10.1. The molecule has 0 radical (unpaired) electrons. The Kier molecular flexibility index (Phi) is 2.55. The first kappa shape index (κ1) is 8.87. The molecule has 0 aromatic heterocycles. The van der Waals surface area contributed by atoms with Gasteiger partial charge in [0, 0.05) is 17.7 Å². The van der Waals surface area contributed by atoms with E-state index in [2.05, 4.69) is 5.32 Å². The van der Waals surface area contributed by atoms with Crippen LogP contribution in [-0.2, 0) is 0 Å². The minimum atomic E-state index is 0.0829. The summed E-state index contributed by atoms with van der Waals surface area (Å²) in [5.74, 6) is 0.205. The third kappa shape index (κ3) is 1.68. The van der Waals surface area contributed by atoms with Gasteiger partial charge < -0.3 is 15.5 Å². The van der Waals surface area contributed by atoms with Crippen molar-refractivity contribution in [2.75, 3.05) is 7.05 Å². The van der Waals surface area contributed by atoms with Gasteiger partial charge in [-0.15, -0.1) is 0 Å². The molecule has 0 bridgehead atoms. The third-order valence-electron chi connectivity index (χ3n) is 1.91. The minimum Gasteiger partial charge on any atom is -0.508 e. The van der Waals surface area contributed by atoms with Gasteiger partial charge in [-0.2, -0.15) is 0 Å². The Bertz CT molecular complexity index is 273. The van der Waals surface area contributed by atoms with Crippen molar-refractivity contribution in [1.29, 1.82) is 0 Å². The van der Waals surface area contributed by atoms with Crippen LogP contribution in [0.4, 0.5) is 0 Å². The molecule has 0 aliphatic heterocycles. The Balaban J connectivity index is 3.01. The molecule has 1 atom stereocenters. The number of benzene rings is 1. The highest BCUT2D eigenvalue weighted by Crippen LogP contribution is 2.27.